The minimum atomic E-state index is 0.0120. The predicted octanol–water partition coefficient (Wildman–Crippen LogP) is 3.62. The van der Waals surface area contributed by atoms with Crippen LogP contribution < -0.4 is 5.56 Å². The number of fused-ring (bicyclic) bond motifs is 2. The maximum Gasteiger partial charge on any atom is 0.277 e. The van der Waals surface area contributed by atoms with Gasteiger partial charge in [-0.3, -0.25) is 19.8 Å². The third-order valence-corrected chi connectivity index (χ3v) is 5.75. The van der Waals surface area contributed by atoms with Gasteiger partial charge >= 0.3 is 0 Å². The summed E-state index contributed by atoms with van der Waals surface area (Å²) in [4.78, 5) is 24.2. The molecule has 29 heavy (non-hydrogen) atoms. The molecule has 1 aliphatic carbocycles. The zero-order chi connectivity index (χ0) is 19.8. The van der Waals surface area contributed by atoms with Crippen LogP contribution in [0.15, 0.2) is 65.7 Å². The maximum absolute atomic E-state index is 13.2. The van der Waals surface area contributed by atoms with Crippen LogP contribution >= 0.6 is 0 Å². The largest absolute Gasteiger partial charge is 0.295 e. The molecule has 4 aromatic rings. The monoisotopic (exact) mass is 385 g/mol. The van der Waals surface area contributed by atoms with Gasteiger partial charge in [-0.15, -0.1) is 0 Å². The van der Waals surface area contributed by atoms with Gasteiger partial charge in [0.2, 0.25) is 0 Å². The van der Waals surface area contributed by atoms with Crippen molar-refractivity contribution in [2.24, 2.45) is 0 Å². The summed E-state index contributed by atoms with van der Waals surface area (Å²) in [6.07, 6.45) is 6.46. The molecule has 5 rings (SSSR count). The van der Waals surface area contributed by atoms with Crippen LogP contribution in [0.5, 0.6) is 0 Å². The molecule has 0 amide bonds. The first kappa shape index (κ1) is 17.8. The molecule has 1 unspecified atom stereocenters. The number of nitrogens with one attached hydrogen (secondary N) is 1. The van der Waals surface area contributed by atoms with E-state index in [0.717, 1.165) is 48.0 Å². The molecule has 146 valence electrons. The van der Waals surface area contributed by atoms with Gasteiger partial charge in [0.15, 0.2) is 5.82 Å². The van der Waals surface area contributed by atoms with Crippen molar-refractivity contribution in [1.29, 1.82) is 0 Å². The number of hydrogen-bond donors (Lipinski definition) is 1. The van der Waals surface area contributed by atoms with E-state index in [1.807, 2.05) is 30.5 Å². The quantitative estimate of drug-likeness (QED) is 0.583. The van der Waals surface area contributed by atoms with Crippen molar-refractivity contribution < 1.29 is 0 Å². The van der Waals surface area contributed by atoms with E-state index < -0.39 is 0 Å². The number of hydrogen-bond acceptors (Lipinski definition) is 4. The van der Waals surface area contributed by atoms with E-state index in [9.17, 15) is 4.79 Å². The first-order valence-electron chi connectivity index (χ1n) is 10.00. The van der Waals surface area contributed by atoms with Crippen LogP contribution in [0.2, 0.25) is 0 Å². The Morgan fingerprint density at radius 1 is 1.14 bits per heavy atom. The van der Waals surface area contributed by atoms with E-state index in [0.29, 0.717) is 5.82 Å². The molecule has 0 aliphatic heterocycles. The lowest BCUT2D eigenvalue weighted by Gasteiger charge is -2.30. The Morgan fingerprint density at radius 2 is 2.03 bits per heavy atom. The summed E-state index contributed by atoms with van der Waals surface area (Å²) in [7, 11) is 2.10. The lowest BCUT2D eigenvalue weighted by molar-refractivity contribution is 0.212. The Hall–Kier alpha value is -3.25. The smallest absolute Gasteiger partial charge is 0.277 e. The summed E-state index contributed by atoms with van der Waals surface area (Å²) in [5.74, 6) is 0.635. The van der Waals surface area contributed by atoms with Crippen LogP contribution in [0.1, 0.15) is 35.7 Å². The van der Waals surface area contributed by atoms with E-state index >= 15 is 0 Å². The van der Waals surface area contributed by atoms with Gasteiger partial charge in [-0.05, 0) is 62.2 Å². The number of aromatic amines is 1. The molecule has 0 saturated heterocycles. The average Bonchev–Trinajstić information content (AvgIpc) is 3.11. The standard InChI is InChI=1S/C23H23N5O/c1-27(15-16-10-11-18-17(14-16)6-5-13-24-18)20-8-4-7-19-22(20)23(29)28(26-19)21-9-2-3-12-25-21/h2-3,5-6,9-14,20,26H,4,7-8,15H2,1H3. The topological polar surface area (TPSA) is 66.8 Å². The number of pyridine rings is 2. The summed E-state index contributed by atoms with van der Waals surface area (Å²) in [6, 6.07) is 16.1. The van der Waals surface area contributed by atoms with Crippen molar-refractivity contribution in [2.45, 2.75) is 31.8 Å². The second-order valence-electron chi connectivity index (χ2n) is 7.69. The van der Waals surface area contributed by atoms with Gasteiger partial charge in [-0.2, -0.15) is 0 Å². The fraction of sp³-hybridized carbons (Fsp3) is 0.261. The summed E-state index contributed by atoms with van der Waals surface area (Å²) in [6.45, 7) is 0.781. The molecular formula is C23H23N5O. The van der Waals surface area contributed by atoms with Crippen LogP contribution in [0.4, 0.5) is 0 Å². The highest BCUT2D eigenvalue weighted by Gasteiger charge is 2.30. The Balaban J connectivity index is 1.46. The molecule has 1 aromatic carbocycles. The predicted molar refractivity (Wildman–Crippen MR) is 113 cm³/mol. The van der Waals surface area contributed by atoms with Gasteiger partial charge < -0.3 is 0 Å². The SMILES string of the molecule is CN(Cc1ccc2ncccc2c1)C1CCCc2[nH]n(-c3ccccn3)c(=O)c21. The van der Waals surface area contributed by atoms with Crippen LogP contribution in [0.25, 0.3) is 16.7 Å². The molecule has 0 radical (unpaired) electrons. The third kappa shape index (κ3) is 3.25. The number of aryl methyl sites for hydroxylation is 1. The Morgan fingerprint density at radius 3 is 2.90 bits per heavy atom. The highest BCUT2D eigenvalue weighted by atomic mass is 16.1. The van der Waals surface area contributed by atoms with Crippen LogP contribution in [-0.2, 0) is 13.0 Å². The summed E-state index contributed by atoms with van der Waals surface area (Å²) in [5, 5.41) is 4.44. The van der Waals surface area contributed by atoms with Gasteiger partial charge in [-0.1, -0.05) is 18.2 Å². The van der Waals surface area contributed by atoms with Gasteiger partial charge in [0.25, 0.3) is 5.56 Å². The second kappa shape index (κ2) is 7.29. The number of rotatable bonds is 4. The molecule has 1 atom stereocenters. The van der Waals surface area contributed by atoms with E-state index in [2.05, 4.69) is 51.3 Å². The van der Waals surface area contributed by atoms with Crippen LogP contribution in [0.3, 0.4) is 0 Å². The molecule has 6 nitrogen and oxygen atoms in total. The number of nitrogens with zero attached hydrogens (tertiary/aromatic N) is 4. The lowest BCUT2D eigenvalue weighted by Crippen LogP contribution is -2.31. The summed E-state index contributed by atoms with van der Waals surface area (Å²) >= 11 is 0. The van der Waals surface area contributed by atoms with Crippen molar-refractivity contribution in [2.75, 3.05) is 7.05 Å². The van der Waals surface area contributed by atoms with Gasteiger partial charge in [0.1, 0.15) is 0 Å². The summed E-state index contributed by atoms with van der Waals surface area (Å²) < 4.78 is 1.58. The van der Waals surface area contributed by atoms with E-state index in [1.165, 1.54) is 5.56 Å². The highest BCUT2D eigenvalue weighted by molar-refractivity contribution is 5.78. The van der Waals surface area contributed by atoms with E-state index in [1.54, 1.807) is 10.9 Å². The zero-order valence-corrected chi connectivity index (χ0v) is 16.4. The summed E-state index contributed by atoms with van der Waals surface area (Å²) in [5.41, 5.74) is 4.15. The van der Waals surface area contributed by atoms with Crippen molar-refractivity contribution in [3.05, 3.63) is 88.1 Å². The van der Waals surface area contributed by atoms with Crippen molar-refractivity contribution >= 4 is 10.9 Å². The molecule has 0 fully saturated rings. The fourth-order valence-electron chi connectivity index (χ4n) is 4.36. The maximum atomic E-state index is 13.2. The normalized spacial score (nSPS) is 16.3. The minimum Gasteiger partial charge on any atom is -0.295 e. The minimum absolute atomic E-state index is 0.0120. The molecule has 3 aromatic heterocycles. The first-order chi connectivity index (χ1) is 14.2. The van der Waals surface area contributed by atoms with Crippen molar-refractivity contribution in [3.63, 3.8) is 0 Å². The molecule has 0 saturated carbocycles. The third-order valence-electron chi connectivity index (χ3n) is 5.75. The molecule has 6 heteroatoms. The zero-order valence-electron chi connectivity index (χ0n) is 16.4. The number of H-pyrrole nitrogens is 1. The van der Waals surface area contributed by atoms with Crippen molar-refractivity contribution in [1.82, 2.24) is 24.6 Å². The van der Waals surface area contributed by atoms with Gasteiger partial charge in [0, 0.05) is 36.1 Å². The molecule has 1 N–H and O–H groups in total. The molecule has 1 aliphatic rings. The molecule has 0 bridgehead atoms. The van der Waals surface area contributed by atoms with Crippen LogP contribution in [0, 0.1) is 0 Å². The number of benzene rings is 1. The fourth-order valence-corrected chi connectivity index (χ4v) is 4.36. The Kier molecular flexibility index (Phi) is 4.48. The van der Waals surface area contributed by atoms with E-state index in [4.69, 9.17) is 0 Å². The molecule has 0 spiro atoms. The average molecular weight is 385 g/mol. The lowest BCUT2D eigenvalue weighted by atomic mass is 9.91. The Labute approximate surface area is 168 Å². The van der Waals surface area contributed by atoms with Crippen molar-refractivity contribution in [3.8, 4) is 5.82 Å². The van der Waals surface area contributed by atoms with E-state index in [-0.39, 0.29) is 11.6 Å². The van der Waals surface area contributed by atoms with Crippen LogP contribution in [-0.4, -0.2) is 31.7 Å². The Bertz CT molecular complexity index is 1210. The molecular weight excluding hydrogens is 362 g/mol. The second-order valence-corrected chi connectivity index (χ2v) is 7.69. The van der Waals surface area contributed by atoms with Gasteiger partial charge in [-0.25, -0.2) is 9.67 Å². The highest BCUT2D eigenvalue weighted by Crippen LogP contribution is 2.32. The van der Waals surface area contributed by atoms with Gasteiger partial charge in [0.05, 0.1) is 11.1 Å². The number of aromatic nitrogens is 4. The molecule has 3 heterocycles. The first-order valence-corrected chi connectivity index (χ1v) is 10.00.